The Morgan fingerprint density at radius 3 is 2.71 bits per heavy atom. The van der Waals surface area contributed by atoms with E-state index in [1.807, 2.05) is 85.8 Å². The van der Waals surface area contributed by atoms with Gasteiger partial charge < -0.3 is 9.26 Å². The summed E-state index contributed by atoms with van der Waals surface area (Å²) in [4.78, 5) is 18.0. The number of hydrogen-bond donors (Lipinski definition) is 0. The first-order valence-corrected chi connectivity index (χ1v) is 11.5. The van der Waals surface area contributed by atoms with Crippen molar-refractivity contribution < 1.29 is 9.26 Å². The molecule has 0 saturated carbocycles. The molecule has 0 radical (unpaired) electrons. The van der Waals surface area contributed by atoms with Crippen molar-refractivity contribution in [1.82, 2.24) is 19.8 Å². The Hall–Kier alpha value is -4.30. The number of fused-ring (bicyclic) bond motifs is 2. The van der Waals surface area contributed by atoms with Gasteiger partial charge in [0.25, 0.3) is 5.56 Å². The number of rotatable bonds is 5. The minimum absolute atomic E-state index is 0.199. The molecule has 34 heavy (non-hydrogen) atoms. The minimum Gasteiger partial charge on any atom is -0.485 e. The number of hydrogen-bond acceptors (Lipinski definition) is 7. The van der Waals surface area contributed by atoms with Crippen LogP contribution >= 0.6 is 11.3 Å². The van der Waals surface area contributed by atoms with E-state index in [1.165, 1.54) is 15.9 Å². The van der Waals surface area contributed by atoms with Crippen molar-refractivity contribution in [3.05, 3.63) is 105 Å². The fraction of sp³-hybridized carbons (Fsp3) is 0.0769. The Labute approximate surface area is 197 Å². The molecule has 0 atom stereocenters. The second-order valence-corrected chi connectivity index (χ2v) is 8.86. The van der Waals surface area contributed by atoms with Crippen LogP contribution in [0.1, 0.15) is 17.0 Å². The lowest BCUT2D eigenvalue weighted by Gasteiger charge is -2.05. The third kappa shape index (κ3) is 3.64. The molecule has 7 nitrogen and oxygen atoms in total. The summed E-state index contributed by atoms with van der Waals surface area (Å²) in [5.74, 6) is 1.95. The Balaban J connectivity index is 1.32. The lowest BCUT2D eigenvalue weighted by Crippen LogP contribution is -2.23. The van der Waals surface area contributed by atoms with Gasteiger partial charge in [0.15, 0.2) is 11.6 Å². The quantitative estimate of drug-likeness (QED) is 0.375. The van der Waals surface area contributed by atoms with E-state index in [4.69, 9.17) is 9.26 Å². The van der Waals surface area contributed by atoms with Crippen LogP contribution < -0.4 is 14.8 Å². The van der Waals surface area contributed by atoms with Gasteiger partial charge >= 0.3 is 0 Å². The van der Waals surface area contributed by atoms with Crippen molar-refractivity contribution in [3.63, 3.8) is 0 Å². The van der Waals surface area contributed by atoms with Crippen LogP contribution in [0.3, 0.4) is 0 Å². The molecule has 0 N–H and O–H groups in total. The van der Waals surface area contributed by atoms with Gasteiger partial charge in [0.1, 0.15) is 17.9 Å². The van der Waals surface area contributed by atoms with Gasteiger partial charge in [-0.15, -0.1) is 5.10 Å². The third-order valence-electron chi connectivity index (χ3n) is 5.51. The molecule has 0 amide bonds. The van der Waals surface area contributed by atoms with Crippen molar-refractivity contribution in [3.8, 4) is 17.1 Å². The van der Waals surface area contributed by atoms with Crippen LogP contribution in [0.25, 0.3) is 33.3 Å². The number of aromatic nitrogens is 4. The number of thiazole rings is 1. The van der Waals surface area contributed by atoms with Crippen LogP contribution in [0.4, 0.5) is 0 Å². The molecule has 0 fully saturated rings. The van der Waals surface area contributed by atoms with Crippen molar-refractivity contribution >= 4 is 33.3 Å². The predicted octanol–water partition coefficient (Wildman–Crippen LogP) is 4.39. The molecule has 0 aliphatic carbocycles. The number of benzene rings is 3. The SMILES string of the molecule is Cc1ccccc1OCc1nc2s/c(=C\c3ccc4noc(-c5ccccc5)c4c3)c(=O)n2n1. The van der Waals surface area contributed by atoms with Crippen LogP contribution in [0.15, 0.2) is 82.1 Å². The molecule has 0 spiro atoms. The zero-order valence-corrected chi connectivity index (χ0v) is 19.0. The van der Waals surface area contributed by atoms with Gasteiger partial charge in [-0.2, -0.15) is 9.50 Å². The zero-order chi connectivity index (χ0) is 23.1. The summed E-state index contributed by atoms with van der Waals surface area (Å²) in [6, 6.07) is 23.4. The molecule has 3 aromatic carbocycles. The smallest absolute Gasteiger partial charge is 0.291 e. The number of ether oxygens (including phenoxy) is 1. The molecule has 0 aliphatic rings. The normalized spacial score (nSPS) is 12.1. The highest BCUT2D eigenvalue weighted by Crippen LogP contribution is 2.29. The number of para-hydroxylation sites is 1. The fourth-order valence-electron chi connectivity index (χ4n) is 3.79. The largest absolute Gasteiger partial charge is 0.485 e. The van der Waals surface area contributed by atoms with E-state index in [1.54, 1.807) is 0 Å². The fourth-order valence-corrected chi connectivity index (χ4v) is 4.72. The first-order chi connectivity index (χ1) is 16.7. The van der Waals surface area contributed by atoms with Gasteiger partial charge in [0.2, 0.25) is 4.96 Å². The molecule has 0 aliphatic heterocycles. The van der Waals surface area contributed by atoms with E-state index < -0.39 is 0 Å². The summed E-state index contributed by atoms with van der Waals surface area (Å²) in [6.45, 7) is 2.18. The van der Waals surface area contributed by atoms with Gasteiger partial charge in [0, 0.05) is 5.56 Å². The number of nitrogens with zero attached hydrogens (tertiary/aromatic N) is 4. The second kappa shape index (κ2) is 8.24. The highest BCUT2D eigenvalue weighted by Gasteiger charge is 2.13. The van der Waals surface area contributed by atoms with E-state index in [0.29, 0.717) is 21.1 Å². The second-order valence-electron chi connectivity index (χ2n) is 7.85. The van der Waals surface area contributed by atoms with Gasteiger partial charge in [-0.05, 0) is 42.3 Å². The molecule has 6 rings (SSSR count). The number of aryl methyl sites for hydroxylation is 1. The Morgan fingerprint density at radius 2 is 1.88 bits per heavy atom. The van der Waals surface area contributed by atoms with Crippen LogP contribution in [0, 0.1) is 6.92 Å². The topological polar surface area (TPSA) is 82.5 Å². The van der Waals surface area contributed by atoms with E-state index in [9.17, 15) is 4.79 Å². The van der Waals surface area contributed by atoms with E-state index in [-0.39, 0.29) is 12.2 Å². The summed E-state index contributed by atoms with van der Waals surface area (Å²) >= 11 is 1.30. The first-order valence-electron chi connectivity index (χ1n) is 10.7. The average Bonchev–Trinajstić information content (AvgIpc) is 3.54. The molecule has 8 heteroatoms. The summed E-state index contributed by atoms with van der Waals surface area (Å²) in [5.41, 5.74) is 3.41. The molecule has 6 aromatic rings. The monoisotopic (exact) mass is 466 g/mol. The third-order valence-corrected chi connectivity index (χ3v) is 6.47. The molecule has 0 bridgehead atoms. The lowest BCUT2D eigenvalue weighted by molar-refractivity contribution is 0.294. The molecule has 3 heterocycles. The zero-order valence-electron chi connectivity index (χ0n) is 18.1. The van der Waals surface area contributed by atoms with Crippen LogP contribution in [0.5, 0.6) is 5.75 Å². The van der Waals surface area contributed by atoms with Crippen LogP contribution in [-0.4, -0.2) is 19.8 Å². The van der Waals surface area contributed by atoms with E-state index in [2.05, 4.69) is 15.2 Å². The summed E-state index contributed by atoms with van der Waals surface area (Å²) < 4.78 is 13.3. The van der Waals surface area contributed by atoms with Crippen LogP contribution in [-0.2, 0) is 6.61 Å². The Morgan fingerprint density at radius 1 is 1.06 bits per heavy atom. The maximum absolute atomic E-state index is 12.9. The molecule has 0 saturated heterocycles. The van der Waals surface area contributed by atoms with Crippen molar-refractivity contribution in [2.45, 2.75) is 13.5 Å². The van der Waals surface area contributed by atoms with Crippen molar-refractivity contribution in [1.29, 1.82) is 0 Å². The van der Waals surface area contributed by atoms with Gasteiger partial charge in [-0.1, -0.05) is 71.1 Å². The van der Waals surface area contributed by atoms with Crippen molar-refractivity contribution in [2.75, 3.05) is 0 Å². The standard InChI is InChI=1S/C26H18N4O3S/c1-16-7-5-6-10-21(16)32-15-23-27-26-30(28-23)25(31)22(34-26)14-17-11-12-20-19(13-17)24(33-29-20)18-8-3-2-4-9-18/h2-14H,15H2,1H3/b22-14-. The molecular formula is C26H18N4O3S. The van der Waals surface area contributed by atoms with Crippen molar-refractivity contribution in [2.24, 2.45) is 0 Å². The summed E-state index contributed by atoms with van der Waals surface area (Å²) in [6.07, 6.45) is 1.84. The van der Waals surface area contributed by atoms with E-state index in [0.717, 1.165) is 33.3 Å². The average molecular weight is 467 g/mol. The highest BCUT2D eigenvalue weighted by molar-refractivity contribution is 7.15. The minimum atomic E-state index is -0.205. The summed E-state index contributed by atoms with van der Waals surface area (Å²) in [7, 11) is 0. The molecule has 0 unspecified atom stereocenters. The maximum Gasteiger partial charge on any atom is 0.291 e. The molecule has 166 valence electrons. The van der Waals surface area contributed by atoms with E-state index >= 15 is 0 Å². The lowest BCUT2D eigenvalue weighted by atomic mass is 10.1. The van der Waals surface area contributed by atoms with Gasteiger partial charge in [-0.3, -0.25) is 4.79 Å². The summed E-state index contributed by atoms with van der Waals surface area (Å²) in [5, 5.41) is 9.40. The Bertz CT molecular complexity index is 1750. The predicted molar refractivity (Wildman–Crippen MR) is 131 cm³/mol. The Kier molecular flexibility index (Phi) is 4.92. The molecular weight excluding hydrogens is 448 g/mol. The van der Waals surface area contributed by atoms with Gasteiger partial charge in [0.05, 0.1) is 9.92 Å². The molecule has 3 aromatic heterocycles. The van der Waals surface area contributed by atoms with Crippen LogP contribution in [0.2, 0.25) is 0 Å². The maximum atomic E-state index is 12.9. The highest BCUT2D eigenvalue weighted by atomic mass is 32.1. The first kappa shape index (κ1) is 20.3. The van der Waals surface area contributed by atoms with Gasteiger partial charge in [-0.25, -0.2) is 0 Å².